The Bertz CT molecular complexity index is 575. The van der Waals surface area contributed by atoms with Gasteiger partial charge in [0.1, 0.15) is 11.8 Å². The normalized spacial score (nSPS) is 9.78. The van der Waals surface area contributed by atoms with Crippen molar-refractivity contribution in [3.63, 3.8) is 0 Å². The first-order valence-corrected chi connectivity index (χ1v) is 5.60. The Hall–Kier alpha value is -2.38. The van der Waals surface area contributed by atoms with Crippen LogP contribution in [0.3, 0.4) is 0 Å². The average Bonchev–Trinajstić information content (AvgIpc) is 2.40. The Morgan fingerprint density at radius 2 is 2.22 bits per heavy atom. The zero-order valence-corrected chi connectivity index (χ0v) is 10.1. The van der Waals surface area contributed by atoms with Crippen molar-refractivity contribution < 1.29 is 4.74 Å². The lowest BCUT2D eigenvalue weighted by molar-refractivity contribution is 0.477. The molecule has 18 heavy (non-hydrogen) atoms. The molecule has 0 spiro atoms. The summed E-state index contributed by atoms with van der Waals surface area (Å²) in [5.74, 6) is 1.17. The number of rotatable bonds is 4. The van der Waals surface area contributed by atoms with E-state index < -0.39 is 0 Å². The molecule has 1 aromatic heterocycles. The van der Waals surface area contributed by atoms with Crippen molar-refractivity contribution in [3.8, 4) is 17.6 Å². The number of pyridine rings is 1. The second-order valence-corrected chi connectivity index (χ2v) is 3.74. The lowest BCUT2D eigenvalue weighted by Crippen LogP contribution is -2.04. The van der Waals surface area contributed by atoms with Crippen LogP contribution in [0.4, 0.5) is 0 Å². The molecule has 0 bridgehead atoms. The molecule has 0 amide bonds. The molecule has 0 unspecified atom stereocenters. The molecule has 0 aliphatic rings. The highest BCUT2D eigenvalue weighted by atomic mass is 16.5. The first-order chi connectivity index (χ1) is 8.83. The van der Waals surface area contributed by atoms with Gasteiger partial charge in [-0.1, -0.05) is 12.1 Å². The number of hydrogen-bond donors (Lipinski definition) is 1. The van der Waals surface area contributed by atoms with E-state index in [1.807, 2.05) is 37.4 Å². The molecule has 0 saturated heterocycles. The molecule has 1 N–H and O–H groups in total. The zero-order chi connectivity index (χ0) is 12.8. The molecule has 2 aromatic rings. The van der Waals surface area contributed by atoms with Gasteiger partial charge in [-0.25, -0.2) is 4.98 Å². The summed E-state index contributed by atoms with van der Waals surface area (Å²) in [6.45, 7) is 0.773. The van der Waals surface area contributed by atoms with Gasteiger partial charge >= 0.3 is 0 Å². The molecule has 0 aliphatic heterocycles. The van der Waals surface area contributed by atoms with Crippen LogP contribution in [-0.4, -0.2) is 12.0 Å². The van der Waals surface area contributed by atoms with Crippen LogP contribution in [0.2, 0.25) is 0 Å². The number of ether oxygens (including phenoxy) is 1. The highest BCUT2D eigenvalue weighted by Crippen LogP contribution is 2.24. The van der Waals surface area contributed by atoms with Gasteiger partial charge in [0.05, 0.1) is 0 Å². The minimum absolute atomic E-state index is 0.288. The topological polar surface area (TPSA) is 57.9 Å². The molecule has 4 nitrogen and oxygen atoms in total. The lowest BCUT2D eigenvalue weighted by atomic mass is 10.2. The molecule has 0 fully saturated rings. The highest BCUT2D eigenvalue weighted by Gasteiger charge is 2.05. The third kappa shape index (κ3) is 2.84. The Balaban J connectivity index is 2.23. The van der Waals surface area contributed by atoms with Crippen LogP contribution in [-0.2, 0) is 6.54 Å². The molecule has 0 saturated carbocycles. The average molecular weight is 239 g/mol. The Morgan fingerprint density at radius 3 is 3.00 bits per heavy atom. The van der Waals surface area contributed by atoms with E-state index in [9.17, 15) is 0 Å². The van der Waals surface area contributed by atoms with Gasteiger partial charge in [0.2, 0.25) is 0 Å². The van der Waals surface area contributed by atoms with Gasteiger partial charge in [0.25, 0.3) is 0 Å². The maximum atomic E-state index is 8.93. The van der Waals surface area contributed by atoms with Gasteiger partial charge in [-0.15, -0.1) is 0 Å². The van der Waals surface area contributed by atoms with Crippen molar-refractivity contribution in [2.75, 3.05) is 7.05 Å². The van der Waals surface area contributed by atoms with Gasteiger partial charge < -0.3 is 10.1 Å². The molecular formula is C14H13N3O. The maximum Gasteiger partial charge on any atom is 0.183 e. The predicted octanol–water partition coefficient (Wildman–Crippen LogP) is 2.46. The van der Waals surface area contributed by atoms with E-state index in [1.54, 1.807) is 18.3 Å². The minimum atomic E-state index is 0.288. The fraction of sp³-hybridized carbons (Fsp3) is 0.143. The fourth-order valence-electron chi connectivity index (χ4n) is 1.61. The van der Waals surface area contributed by atoms with Gasteiger partial charge in [0, 0.05) is 12.7 Å². The molecule has 0 radical (unpaired) electrons. The lowest BCUT2D eigenvalue weighted by Gasteiger charge is -2.08. The van der Waals surface area contributed by atoms with Crippen molar-refractivity contribution in [2.45, 2.75) is 6.54 Å². The van der Waals surface area contributed by atoms with E-state index in [2.05, 4.69) is 10.3 Å². The van der Waals surface area contributed by atoms with Crippen LogP contribution in [0.5, 0.6) is 11.5 Å². The van der Waals surface area contributed by atoms with Gasteiger partial charge in [-0.3, -0.25) is 0 Å². The van der Waals surface area contributed by atoms with Crippen LogP contribution in [0.1, 0.15) is 11.3 Å². The predicted molar refractivity (Wildman–Crippen MR) is 68.2 cm³/mol. The van der Waals surface area contributed by atoms with E-state index in [4.69, 9.17) is 10.00 Å². The number of nitrogens with one attached hydrogen (secondary N) is 1. The van der Waals surface area contributed by atoms with Crippen LogP contribution < -0.4 is 10.1 Å². The van der Waals surface area contributed by atoms with Crippen LogP contribution >= 0.6 is 0 Å². The van der Waals surface area contributed by atoms with Crippen molar-refractivity contribution in [1.82, 2.24) is 10.3 Å². The third-order valence-electron chi connectivity index (χ3n) is 2.38. The summed E-state index contributed by atoms with van der Waals surface area (Å²) in [6, 6.07) is 13.2. The van der Waals surface area contributed by atoms with E-state index >= 15 is 0 Å². The fourth-order valence-corrected chi connectivity index (χ4v) is 1.61. The molecule has 0 atom stereocenters. The van der Waals surface area contributed by atoms with Crippen molar-refractivity contribution in [1.29, 1.82) is 5.26 Å². The quantitative estimate of drug-likeness (QED) is 0.890. The van der Waals surface area contributed by atoms with Gasteiger partial charge in [-0.2, -0.15) is 5.26 Å². The van der Waals surface area contributed by atoms with Crippen molar-refractivity contribution >= 4 is 0 Å². The summed E-state index contributed by atoms with van der Waals surface area (Å²) in [4.78, 5) is 3.95. The Morgan fingerprint density at radius 1 is 1.33 bits per heavy atom. The molecular weight excluding hydrogens is 226 g/mol. The number of nitrogens with zero attached hydrogens (tertiary/aromatic N) is 2. The summed E-state index contributed by atoms with van der Waals surface area (Å²) in [5, 5.41) is 12.0. The Kier molecular flexibility index (Phi) is 3.90. The van der Waals surface area contributed by atoms with E-state index in [0.717, 1.165) is 12.1 Å². The number of aromatic nitrogens is 1. The number of benzene rings is 1. The van der Waals surface area contributed by atoms with E-state index in [0.29, 0.717) is 11.5 Å². The first-order valence-electron chi connectivity index (χ1n) is 5.60. The molecule has 4 heteroatoms. The van der Waals surface area contributed by atoms with Crippen molar-refractivity contribution in [2.24, 2.45) is 0 Å². The second-order valence-electron chi connectivity index (χ2n) is 3.74. The largest absolute Gasteiger partial charge is 0.454 e. The maximum absolute atomic E-state index is 8.93. The summed E-state index contributed by atoms with van der Waals surface area (Å²) in [6.07, 6.45) is 1.57. The zero-order valence-electron chi connectivity index (χ0n) is 10.1. The third-order valence-corrected chi connectivity index (χ3v) is 2.38. The standard InChI is InChI=1S/C14H13N3O/c1-16-10-11-4-2-5-12(8-11)18-14-6-3-7-17-13(14)9-15/h2-8,16H,10H2,1H3. The summed E-state index contributed by atoms with van der Waals surface area (Å²) < 4.78 is 5.67. The number of hydrogen-bond acceptors (Lipinski definition) is 4. The first kappa shape index (κ1) is 12.1. The Labute approximate surface area is 106 Å². The van der Waals surface area contributed by atoms with Gasteiger partial charge in [0.15, 0.2) is 11.4 Å². The monoisotopic (exact) mass is 239 g/mol. The number of nitriles is 1. The SMILES string of the molecule is CNCc1cccc(Oc2cccnc2C#N)c1. The molecule has 0 aliphatic carbocycles. The summed E-state index contributed by atoms with van der Waals surface area (Å²) in [5.41, 5.74) is 1.41. The van der Waals surface area contributed by atoms with Crippen LogP contribution in [0.15, 0.2) is 42.6 Å². The molecule has 1 aromatic carbocycles. The van der Waals surface area contributed by atoms with Crippen LogP contribution in [0.25, 0.3) is 0 Å². The van der Waals surface area contributed by atoms with Crippen molar-refractivity contribution in [3.05, 3.63) is 53.9 Å². The summed E-state index contributed by atoms with van der Waals surface area (Å²) in [7, 11) is 1.89. The molecule has 90 valence electrons. The van der Waals surface area contributed by atoms with Gasteiger partial charge in [-0.05, 0) is 36.9 Å². The summed E-state index contributed by atoms with van der Waals surface area (Å²) >= 11 is 0. The van der Waals surface area contributed by atoms with Crippen LogP contribution in [0, 0.1) is 11.3 Å². The smallest absolute Gasteiger partial charge is 0.183 e. The molecule has 1 heterocycles. The van der Waals surface area contributed by atoms with E-state index in [1.165, 1.54) is 0 Å². The molecule has 2 rings (SSSR count). The minimum Gasteiger partial charge on any atom is -0.454 e. The highest BCUT2D eigenvalue weighted by molar-refractivity contribution is 5.40. The second kappa shape index (κ2) is 5.80. The van der Waals surface area contributed by atoms with E-state index in [-0.39, 0.29) is 5.69 Å².